The summed E-state index contributed by atoms with van der Waals surface area (Å²) in [6, 6.07) is 9.05. The number of para-hydroxylation sites is 2. The Morgan fingerprint density at radius 3 is 2.83 bits per heavy atom. The summed E-state index contributed by atoms with van der Waals surface area (Å²) in [5.74, 6) is 0.459. The average molecular weight is 344 g/mol. The molecule has 0 amide bonds. The second-order valence-corrected chi connectivity index (χ2v) is 7.42. The van der Waals surface area contributed by atoms with Gasteiger partial charge in [-0.2, -0.15) is 5.26 Å². The smallest absolute Gasteiger partial charge is 0.270 e. The lowest BCUT2D eigenvalue weighted by Crippen LogP contribution is -2.03. The van der Waals surface area contributed by atoms with E-state index in [9.17, 15) is 8.42 Å². The number of thiocyanates is 1. The van der Waals surface area contributed by atoms with Crippen LogP contribution >= 0.6 is 11.8 Å². The summed E-state index contributed by atoms with van der Waals surface area (Å²) in [4.78, 5) is 11.9. The first-order valence-corrected chi connectivity index (χ1v) is 9.16. The maximum atomic E-state index is 11.8. The number of imidazole rings is 1. The van der Waals surface area contributed by atoms with Crippen molar-refractivity contribution in [1.29, 1.82) is 5.26 Å². The van der Waals surface area contributed by atoms with Crippen LogP contribution in [0.3, 0.4) is 0 Å². The van der Waals surface area contributed by atoms with Crippen LogP contribution in [0.25, 0.3) is 11.0 Å². The summed E-state index contributed by atoms with van der Waals surface area (Å²) in [5, 5.41) is 10.8. The van der Waals surface area contributed by atoms with Gasteiger partial charge in [0.15, 0.2) is 10.6 Å². The van der Waals surface area contributed by atoms with Crippen molar-refractivity contribution in [2.75, 3.05) is 0 Å². The Bertz CT molecular complexity index is 986. The third kappa shape index (κ3) is 3.06. The van der Waals surface area contributed by atoms with Gasteiger partial charge in [0.2, 0.25) is 0 Å². The van der Waals surface area contributed by atoms with Gasteiger partial charge >= 0.3 is 0 Å². The van der Waals surface area contributed by atoms with E-state index in [2.05, 4.69) is 15.0 Å². The molecule has 1 aromatic carbocycles. The average Bonchev–Trinajstić information content (AvgIpc) is 2.96. The van der Waals surface area contributed by atoms with Gasteiger partial charge in [-0.05, 0) is 30.7 Å². The van der Waals surface area contributed by atoms with Gasteiger partial charge in [0, 0.05) is 11.9 Å². The molecule has 0 fully saturated rings. The van der Waals surface area contributed by atoms with Crippen LogP contribution in [0.4, 0.5) is 0 Å². The normalized spacial score (nSPS) is 11.5. The molecule has 0 spiro atoms. The van der Waals surface area contributed by atoms with Gasteiger partial charge in [0.25, 0.3) is 9.84 Å². The van der Waals surface area contributed by atoms with E-state index < -0.39 is 9.84 Å². The number of nitriles is 1. The molecule has 0 atom stereocenters. The zero-order valence-electron chi connectivity index (χ0n) is 12.1. The van der Waals surface area contributed by atoms with E-state index in [-0.39, 0.29) is 4.90 Å². The predicted molar refractivity (Wildman–Crippen MR) is 87.4 cm³/mol. The van der Waals surface area contributed by atoms with Gasteiger partial charge in [-0.3, -0.25) is 4.98 Å². The molecule has 0 bridgehead atoms. The van der Waals surface area contributed by atoms with Crippen molar-refractivity contribution in [2.45, 2.75) is 22.7 Å². The SMILES string of the molecule is Cc1c(S(=O)(=O)C#N)ccnc1CSc1nc2ccccc2[nH]1. The quantitative estimate of drug-likeness (QED) is 0.444. The van der Waals surface area contributed by atoms with E-state index >= 15 is 0 Å². The fourth-order valence-corrected chi connectivity index (χ4v) is 3.95. The highest BCUT2D eigenvalue weighted by molar-refractivity contribution is 7.98. The van der Waals surface area contributed by atoms with Crippen LogP contribution in [0.15, 0.2) is 46.6 Å². The highest BCUT2D eigenvalue weighted by Gasteiger charge is 2.18. The molecule has 2 aromatic heterocycles. The number of hydrogen-bond acceptors (Lipinski definition) is 6. The number of aromatic nitrogens is 3. The molecule has 0 unspecified atom stereocenters. The Kier molecular flexibility index (Phi) is 4.07. The first kappa shape index (κ1) is 15.5. The summed E-state index contributed by atoms with van der Waals surface area (Å²) in [7, 11) is -3.92. The number of sulfone groups is 1. The van der Waals surface area contributed by atoms with Crippen LogP contribution in [-0.4, -0.2) is 23.4 Å². The van der Waals surface area contributed by atoms with Crippen molar-refractivity contribution in [2.24, 2.45) is 0 Å². The third-order valence-corrected chi connectivity index (χ3v) is 5.53. The van der Waals surface area contributed by atoms with E-state index in [1.54, 1.807) is 6.92 Å². The topological polar surface area (TPSA) is 99.5 Å². The number of fused-ring (bicyclic) bond motifs is 1. The third-order valence-electron chi connectivity index (χ3n) is 3.38. The monoisotopic (exact) mass is 344 g/mol. The van der Waals surface area contributed by atoms with Crippen LogP contribution in [0, 0.1) is 17.6 Å². The number of benzene rings is 1. The Labute approximate surface area is 137 Å². The highest BCUT2D eigenvalue weighted by Crippen LogP contribution is 2.26. The molecule has 3 aromatic rings. The standard InChI is InChI=1S/C15H12N4O2S2/c1-10-13(17-7-6-14(10)23(20,21)9-16)8-22-15-18-11-4-2-3-5-12(11)19-15/h2-7H,8H2,1H3,(H,18,19). The Hall–Kier alpha value is -2.37. The molecule has 23 heavy (non-hydrogen) atoms. The second kappa shape index (κ2) is 6.02. The van der Waals surface area contributed by atoms with Gasteiger partial charge in [-0.15, -0.1) is 0 Å². The van der Waals surface area contributed by atoms with Crippen LogP contribution in [-0.2, 0) is 15.6 Å². The van der Waals surface area contributed by atoms with Gasteiger partial charge in [-0.25, -0.2) is 13.4 Å². The van der Waals surface area contributed by atoms with E-state index in [1.807, 2.05) is 24.3 Å². The molecule has 6 nitrogen and oxygen atoms in total. The number of nitrogens with zero attached hydrogens (tertiary/aromatic N) is 3. The number of rotatable bonds is 4. The predicted octanol–water partition coefficient (Wildman–Crippen LogP) is 2.81. The molecule has 0 saturated heterocycles. The van der Waals surface area contributed by atoms with E-state index in [0.717, 1.165) is 16.2 Å². The van der Waals surface area contributed by atoms with Crippen molar-refractivity contribution >= 4 is 32.6 Å². The van der Waals surface area contributed by atoms with Crippen molar-refractivity contribution in [3.63, 3.8) is 0 Å². The number of nitrogens with one attached hydrogen (secondary N) is 1. The molecule has 116 valence electrons. The zero-order chi connectivity index (χ0) is 16.4. The van der Waals surface area contributed by atoms with Crippen molar-refractivity contribution in [3.8, 4) is 5.40 Å². The minimum absolute atomic E-state index is 0.00945. The molecule has 0 radical (unpaired) electrons. The molecule has 8 heteroatoms. The summed E-state index contributed by atoms with van der Waals surface area (Å²) in [6.45, 7) is 1.66. The Morgan fingerprint density at radius 2 is 2.09 bits per heavy atom. The van der Waals surface area contributed by atoms with Crippen LogP contribution in [0.1, 0.15) is 11.3 Å². The largest absolute Gasteiger partial charge is 0.333 e. The maximum Gasteiger partial charge on any atom is 0.270 e. The zero-order valence-corrected chi connectivity index (χ0v) is 13.8. The number of H-pyrrole nitrogens is 1. The lowest BCUT2D eigenvalue weighted by molar-refractivity contribution is 0.604. The first-order valence-electron chi connectivity index (χ1n) is 6.69. The summed E-state index contributed by atoms with van der Waals surface area (Å²) >= 11 is 1.43. The highest BCUT2D eigenvalue weighted by atomic mass is 32.2. The minimum Gasteiger partial charge on any atom is -0.333 e. The van der Waals surface area contributed by atoms with Crippen molar-refractivity contribution in [3.05, 3.63) is 47.8 Å². The Morgan fingerprint density at radius 1 is 1.30 bits per heavy atom. The molecule has 0 aliphatic rings. The molecule has 2 heterocycles. The number of aromatic amines is 1. The Balaban J connectivity index is 1.86. The fourth-order valence-electron chi connectivity index (χ4n) is 2.18. The minimum atomic E-state index is -3.92. The van der Waals surface area contributed by atoms with E-state index in [4.69, 9.17) is 5.26 Å². The number of pyridine rings is 1. The molecule has 0 aliphatic carbocycles. The lowest BCUT2D eigenvalue weighted by Gasteiger charge is -2.06. The number of thioether (sulfide) groups is 1. The van der Waals surface area contributed by atoms with Gasteiger partial charge in [0.05, 0.1) is 21.6 Å². The van der Waals surface area contributed by atoms with Crippen LogP contribution in [0.2, 0.25) is 0 Å². The maximum absolute atomic E-state index is 11.8. The molecular formula is C15H12N4O2S2. The van der Waals surface area contributed by atoms with Crippen LogP contribution in [0.5, 0.6) is 0 Å². The van der Waals surface area contributed by atoms with Crippen molar-refractivity contribution < 1.29 is 8.42 Å². The molecule has 1 N–H and O–H groups in total. The van der Waals surface area contributed by atoms with E-state index in [0.29, 0.717) is 17.0 Å². The summed E-state index contributed by atoms with van der Waals surface area (Å²) < 4.78 is 23.5. The first-order chi connectivity index (χ1) is 11.0. The molecular weight excluding hydrogens is 332 g/mol. The fraction of sp³-hybridized carbons (Fsp3) is 0.133. The summed E-state index contributed by atoms with van der Waals surface area (Å²) in [6.07, 6.45) is 1.41. The van der Waals surface area contributed by atoms with Gasteiger partial charge < -0.3 is 4.98 Å². The van der Waals surface area contributed by atoms with Crippen molar-refractivity contribution in [1.82, 2.24) is 15.0 Å². The molecule has 0 saturated carbocycles. The molecule has 0 aliphatic heterocycles. The summed E-state index contributed by atoms with van der Waals surface area (Å²) in [5.41, 5.74) is 2.94. The number of hydrogen-bond donors (Lipinski definition) is 1. The van der Waals surface area contributed by atoms with Gasteiger partial charge in [-0.1, -0.05) is 23.9 Å². The van der Waals surface area contributed by atoms with Crippen LogP contribution < -0.4 is 0 Å². The molecule has 3 rings (SSSR count). The lowest BCUT2D eigenvalue weighted by atomic mass is 10.2. The van der Waals surface area contributed by atoms with Gasteiger partial charge in [0.1, 0.15) is 0 Å². The van der Waals surface area contributed by atoms with E-state index in [1.165, 1.54) is 29.4 Å². The second-order valence-electron chi connectivity index (χ2n) is 4.82.